The number of nitrogens with zero attached hydrogens (tertiary/aromatic N) is 1. The largest absolute Gasteiger partial charge is 0.248 e. The Morgan fingerprint density at radius 2 is 1.53 bits per heavy atom. The minimum atomic E-state index is 0.983. The third-order valence-corrected chi connectivity index (χ3v) is 3.08. The third kappa shape index (κ3) is 3.41. The molecule has 0 unspecified atom stereocenters. The summed E-state index contributed by atoms with van der Waals surface area (Å²) in [6.45, 7) is 4.24. The van der Waals surface area contributed by atoms with Gasteiger partial charge in [0.2, 0.25) is 0 Å². The van der Waals surface area contributed by atoms with Gasteiger partial charge in [0.05, 0.1) is 11.4 Å². The molecule has 0 aliphatic carbocycles. The molecule has 96 valence electrons. The Morgan fingerprint density at radius 3 is 2.05 bits per heavy atom. The quantitative estimate of drug-likeness (QED) is 0.663. The van der Waals surface area contributed by atoms with Gasteiger partial charge in [0.25, 0.3) is 0 Å². The number of hydrogen-bond acceptors (Lipinski definition) is 1. The zero-order valence-electron chi connectivity index (χ0n) is 11.5. The highest BCUT2D eigenvalue weighted by Crippen LogP contribution is 2.19. The second kappa shape index (κ2) is 6.69. The smallest absolute Gasteiger partial charge is 0.0737 e. The Hall–Kier alpha value is -2.15. The van der Waals surface area contributed by atoms with E-state index in [4.69, 9.17) is 4.99 Å². The van der Waals surface area contributed by atoms with Crippen LogP contribution in [0.5, 0.6) is 0 Å². The SMILES string of the molecule is C/C=C(/CC)C(=Nc1ccccc1)c1ccccc1. The van der Waals surface area contributed by atoms with Crippen LogP contribution in [0.25, 0.3) is 0 Å². The highest BCUT2D eigenvalue weighted by Gasteiger charge is 2.07. The van der Waals surface area contributed by atoms with Gasteiger partial charge in [-0.1, -0.05) is 61.5 Å². The first kappa shape index (κ1) is 13.3. The Balaban J connectivity index is 2.50. The van der Waals surface area contributed by atoms with E-state index in [0.717, 1.165) is 17.8 Å². The van der Waals surface area contributed by atoms with Crippen molar-refractivity contribution in [1.29, 1.82) is 0 Å². The predicted molar refractivity (Wildman–Crippen MR) is 83.1 cm³/mol. The first-order valence-electron chi connectivity index (χ1n) is 6.70. The zero-order chi connectivity index (χ0) is 13.5. The molecule has 19 heavy (non-hydrogen) atoms. The van der Waals surface area contributed by atoms with Gasteiger partial charge in [0, 0.05) is 5.56 Å². The molecule has 0 radical (unpaired) electrons. The lowest BCUT2D eigenvalue weighted by Gasteiger charge is -2.09. The zero-order valence-corrected chi connectivity index (χ0v) is 11.5. The molecule has 0 aliphatic heterocycles. The lowest BCUT2D eigenvalue weighted by Crippen LogP contribution is -2.04. The van der Waals surface area contributed by atoms with E-state index in [1.54, 1.807) is 0 Å². The van der Waals surface area contributed by atoms with Crippen molar-refractivity contribution in [3.63, 3.8) is 0 Å². The van der Waals surface area contributed by atoms with Crippen molar-refractivity contribution in [3.05, 3.63) is 77.9 Å². The summed E-state index contributed by atoms with van der Waals surface area (Å²) in [7, 11) is 0. The Bertz CT molecular complexity index is 565. The second-order valence-electron chi connectivity index (χ2n) is 4.33. The molecule has 0 heterocycles. The Morgan fingerprint density at radius 1 is 0.947 bits per heavy atom. The molecule has 2 aromatic carbocycles. The summed E-state index contributed by atoms with van der Waals surface area (Å²) in [5.41, 5.74) is 4.50. The highest BCUT2D eigenvalue weighted by molar-refractivity contribution is 6.13. The lowest BCUT2D eigenvalue weighted by molar-refractivity contribution is 1.16. The molecule has 1 heteroatoms. The van der Waals surface area contributed by atoms with E-state index in [1.807, 2.05) is 36.4 Å². The van der Waals surface area contributed by atoms with Crippen molar-refractivity contribution in [3.8, 4) is 0 Å². The van der Waals surface area contributed by atoms with Gasteiger partial charge in [-0.3, -0.25) is 0 Å². The van der Waals surface area contributed by atoms with Crippen molar-refractivity contribution in [2.24, 2.45) is 4.99 Å². The summed E-state index contributed by atoms with van der Waals surface area (Å²) >= 11 is 0. The average molecular weight is 249 g/mol. The summed E-state index contributed by atoms with van der Waals surface area (Å²) in [6, 6.07) is 20.5. The van der Waals surface area contributed by atoms with Crippen LogP contribution in [0.1, 0.15) is 25.8 Å². The lowest BCUT2D eigenvalue weighted by atomic mass is 10.00. The van der Waals surface area contributed by atoms with Gasteiger partial charge in [0.1, 0.15) is 0 Å². The number of allylic oxidation sites excluding steroid dienone is 2. The normalized spacial score (nSPS) is 12.5. The predicted octanol–water partition coefficient (Wildman–Crippen LogP) is 5.16. The molecule has 0 spiro atoms. The highest BCUT2D eigenvalue weighted by atomic mass is 14.7. The van der Waals surface area contributed by atoms with E-state index in [-0.39, 0.29) is 0 Å². The van der Waals surface area contributed by atoms with Crippen LogP contribution in [0.4, 0.5) is 5.69 Å². The van der Waals surface area contributed by atoms with Gasteiger partial charge in [-0.2, -0.15) is 0 Å². The average Bonchev–Trinajstić information content (AvgIpc) is 2.49. The molecular formula is C18H19N. The van der Waals surface area contributed by atoms with E-state index in [1.165, 1.54) is 11.1 Å². The van der Waals surface area contributed by atoms with Crippen LogP contribution in [0.3, 0.4) is 0 Å². The minimum absolute atomic E-state index is 0.983. The monoisotopic (exact) mass is 249 g/mol. The summed E-state index contributed by atoms with van der Waals surface area (Å²) in [4.78, 5) is 4.82. The molecule has 0 atom stereocenters. The van der Waals surface area contributed by atoms with Gasteiger partial charge in [-0.25, -0.2) is 4.99 Å². The van der Waals surface area contributed by atoms with E-state index in [9.17, 15) is 0 Å². The molecule has 1 nitrogen and oxygen atoms in total. The first-order chi connectivity index (χ1) is 9.35. The van der Waals surface area contributed by atoms with Crippen LogP contribution >= 0.6 is 0 Å². The van der Waals surface area contributed by atoms with E-state index >= 15 is 0 Å². The van der Waals surface area contributed by atoms with Crippen LogP contribution in [-0.4, -0.2) is 5.71 Å². The van der Waals surface area contributed by atoms with Gasteiger partial charge in [-0.05, 0) is 31.1 Å². The molecule has 0 aromatic heterocycles. The fourth-order valence-corrected chi connectivity index (χ4v) is 2.06. The van der Waals surface area contributed by atoms with Crippen molar-refractivity contribution in [2.75, 3.05) is 0 Å². The number of aliphatic imine (C=N–C) groups is 1. The van der Waals surface area contributed by atoms with E-state index in [0.29, 0.717) is 0 Å². The molecule has 0 saturated heterocycles. The molecule has 0 amide bonds. The molecule has 0 aliphatic rings. The summed E-state index contributed by atoms with van der Waals surface area (Å²) in [5, 5.41) is 0. The standard InChI is InChI=1S/C18H19N/c1-3-15(4-2)18(16-11-7-5-8-12-16)19-17-13-9-6-10-14-17/h3,5-14H,4H2,1-2H3/b15-3-,19-18?. The number of rotatable bonds is 4. The fraction of sp³-hybridized carbons (Fsp3) is 0.167. The number of benzene rings is 2. The van der Waals surface area contributed by atoms with E-state index in [2.05, 4.69) is 44.2 Å². The topological polar surface area (TPSA) is 12.4 Å². The second-order valence-corrected chi connectivity index (χ2v) is 4.33. The van der Waals surface area contributed by atoms with Gasteiger partial charge >= 0.3 is 0 Å². The number of para-hydroxylation sites is 1. The van der Waals surface area contributed by atoms with Crippen molar-refractivity contribution >= 4 is 11.4 Å². The van der Waals surface area contributed by atoms with Crippen LogP contribution < -0.4 is 0 Å². The van der Waals surface area contributed by atoms with E-state index < -0.39 is 0 Å². The van der Waals surface area contributed by atoms with Crippen molar-refractivity contribution < 1.29 is 0 Å². The van der Waals surface area contributed by atoms with Crippen LogP contribution in [0.15, 0.2) is 77.3 Å². The van der Waals surface area contributed by atoms with Crippen molar-refractivity contribution in [1.82, 2.24) is 0 Å². The maximum absolute atomic E-state index is 4.82. The maximum atomic E-state index is 4.82. The van der Waals surface area contributed by atoms with Crippen LogP contribution in [-0.2, 0) is 0 Å². The molecule has 0 N–H and O–H groups in total. The molecule has 0 bridgehead atoms. The van der Waals surface area contributed by atoms with Gasteiger partial charge in [-0.15, -0.1) is 0 Å². The molecular weight excluding hydrogens is 230 g/mol. The molecule has 0 saturated carbocycles. The Labute approximate surface area is 115 Å². The fourth-order valence-electron chi connectivity index (χ4n) is 2.06. The van der Waals surface area contributed by atoms with Crippen LogP contribution in [0, 0.1) is 0 Å². The Kier molecular flexibility index (Phi) is 4.68. The summed E-state index contributed by atoms with van der Waals surface area (Å²) < 4.78 is 0. The number of hydrogen-bond donors (Lipinski definition) is 0. The van der Waals surface area contributed by atoms with Crippen molar-refractivity contribution in [2.45, 2.75) is 20.3 Å². The summed E-state index contributed by atoms with van der Waals surface area (Å²) in [6.07, 6.45) is 3.13. The first-order valence-corrected chi connectivity index (χ1v) is 6.70. The maximum Gasteiger partial charge on any atom is 0.0737 e. The molecule has 0 fully saturated rings. The summed E-state index contributed by atoms with van der Waals surface area (Å²) in [5.74, 6) is 0. The van der Waals surface area contributed by atoms with Gasteiger partial charge < -0.3 is 0 Å². The van der Waals surface area contributed by atoms with Gasteiger partial charge in [0.15, 0.2) is 0 Å². The molecule has 2 aromatic rings. The minimum Gasteiger partial charge on any atom is -0.248 e. The van der Waals surface area contributed by atoms with Crippen LogP contribution in [0.2, 0.25) is 0 Å². The molecule has 2 rings (SSSR count). The third-order valence-electron chi connectivity index (χ3n) is 3.08.